The fraction of sp³-hybridized carbons (Fsp3) is 0.296. The van der Waals surface area contributed by atoms with Gasteiger partial charge in [0.25, 0.3) is 5.91 Å². The van der Waals surface area contributed by atoms with Gasteiger partial charge in [-0.25, -0.2) is 14.7 Å². The first-order valence-corrected chi connectivity index (χ1v) is 11.9. The molecule has 0 saturated carbocycles. The first-order chi connectivity index (χ1) is 17.5. The van der Waals surface area contributed by atoms with Gasteiger partial charge in [-0.1, -0.05) is 30.3 Å². The number of carbonyl (C=O) groups is 2. The van der Waals surface area contributed by atoms with E-state index in [2.05, 4.69) is 20.1 Å². The Hall–Kier alpha value is -4.11. The predicted octanol–water partition coefficient (Wildman–Crippen LogP) is 2.67. The number of nitrogens with zero attached hydrogens (tertiary/aromatic N) is 4. The van der Waals surface area contributed by atoms with Crippen LogP contribution in [0.15, 0.2) is 72.9 Å². The molecular weight excluding hydrogens is 458 g/mol. The Bertz CT molecular complexity index is 1160. The minimum atomic E-state index is -1.34. The van der Waals surface area contributed by atoms with Gasteiger partial charge < -0.3 is 19.7 Å². The summed E-state index contributed by atoms with van der Waals surface area (Å²) in [6.45, 7) is 3.18. The van der Waals surface area contributed by atoms with E-state index in [0.717, 1.165) is 18.9 Å². The van der Waals surface area contributed by atoms with E-state index in [1.807, 2.05) is 42.5 Å². The Balaban J connectivity index is 1.39. The fourth-order valence-electron chi connectivity index (χ4n) is 4.80. The Morgan fingerprint density at radius 2 is 1.42 bits per heavy atom. The van der Waals surface area contributed by atoms with Crippen LogP contribution in [0, 0.1) is 0 Å². The predicted molar refractivity (Wildman–Crippen MR) is 135 cm³/mol. The molecule has 9 nitrogen and oxygen atoms in total. The molecular formula is C27H29N5O4. The van der Waals surface area contributed by atoms with Gasteiger partial charge in [-0.3, -0.25) is 9.69 Å². The quantitative estimate of drug-likeness (QED) is 0.513. The van der Waals surface area contributed by atoms with Gasteiger partial charge in [0.05, 0.1) is 20.9 Å². The van der Waals surface area contributed by atoms with Crippen molar-refractivity contribution in [3.8, 4) is 11.5 Å². The van der Waals surface area contributed by atoms with Crippen LogP contribution in [0.25, 0.3) is 0 Å². The Kier molecular flexibility index (Phi) is 6.47. The van der Waals surface area contributed by atoms with Gasteiger partial charge in [0, 0.05) is 32.4 Å². The van der Waals surface area contributed by atoms with Crippen LogP contribution in [0.1, 0.15) is 11.1 Å². The molecule has 5 rings (SSSR count). The monoisotopic (exact) mass is 487 g/mol. The molecule has 2 aromatic carbocycles. The highest BCUT2D eigenvalue weighted by Crippen LogP contribution is 2.37. The molecule has 1 aromatic heterocycles. The molecule has 9 heteroatoms. The zero-order valence-electron chi connectivity index (χ0n) is 20.4. The molecule has 0 atom stereocenters. The number of rotatable bonds is 7. The van der Waals surface area contributed by atoms with Crippen LogP contribution in [-0.2, 0) is 10.3 Å². The SMILES string of the molecule is COc1ccc(C2(c3ccc(OC)cc3)NC(=O)N(CN3CCN(c4ccccn4)CC3)C2=O)cc1. The van der Waals surface area contributed by atoms with Crippen LogP contribution < -0.4 is 19.7 Å². The van der Waals surface area contributed by atoms with E-state index >= 15 is 0 Å². The summed E-state index contributed by atoms with van der Waals surface area (Å²) >= 11 is 0. The molecule has 186 valence electrons. The van der Waals surface area contributed by atoms with Crippen LogP contribution in [-0.4, -0.2) is 73.8 Å². The zero-order chi connectivity index (χ0) is 25.1. The van der Waals surface area contributed by atoms with Crippen molar-refractivity contribution in [3.63, 3.8) is 0 Å². The number of anilines is 1. The van der Waals surface area contributed by atoms with Gasteiger partial charge in [-0.05, 0) is 47.5 Å². The van der Waals surface area contributed by atoms with E-state index in [0.29, 0.717) is 35.7 Å². The Labute approximate surface area is 210 Å². The normalized spacial score (nSPS) is 17.7. The summed E-state index contributed by atoms with van der Waals surface area (Å²) in [5.74, 6) is 1.96. The summed E-state index contributed by atoms with van der Waals surface area (Å²) < 4.78 is 10.6. The molecule has 0 spiro atoms. The molecule has 1 N–H and O–H groups in total. The lowest BCUT2D eigenvalue weighted by Gasteiger charge is -2.36. The average Bonchev–Trinajstić information content (AvgIpc) is 3.19. The first kappa shape index (κ1) is 23.6. The van der Waals surface area contributed by atoms with Gasteiger partial charge in [0.2, 0.25) is 0 Å². The summed E-state index contributed by atoms with van der Waals surface area (Å²) in [5.41, 5.74) is -0.0191. The van der Waals surface area contributed by atoms with Crippen molar-refractivity contribution < 1.29 is 19.1 Å². The molecule has 3 aromatic rings. The number of aromatic nitrogens is 1. The highest BCUT2D eigenvalue weighted by atomic mass is 16.5. The Morgan fingerprint density at radius 3 is 1.92 bits per heavy atom. The molecule has 3 amide bonds. The number of pyridine rings is 1. The van der Waals surface area contributed by atoms with Gasteiger partial charge in [0.15, 0.2) is 5.54 Å². The number of urea groups is 1. The second-order valence-electron chi connectivity index (χ2n) is 8.80. The minimum Gasteiger partial charge on any atom is -0.497 e. The minimum absolute atomic E-state index is 0.217. The van der Waals surface area contributed by atoms with Gasteiger partial charge in [-0.2, -0.15) is 0 Å². The zero-order valence-corrected chi connectivity index (χ0v) is 20.4. The summed E-state index contributed by atoms with van der Waals surface area (Å²) in [6.07, 6.45) is 1.78. The number of methoxy groups -OCH3 is 2. The van der Waals surface area contributed by atoms with Crippen LogP contribution in [0.5, 0.6) is 11.5 Å². The molecule has 0 radical (unpaired) electrons. The van der Waals surface area contributed by atoms with Crippen molar-refractivity contribution in [1.82, 2.24) is 20.1 Å². The van der Waals surface area contributed by atoms with E-state index in [-0.39, 0.29) is 12.6 Å². The number of amides is 3. The van der Waals surface area contributed by atoms with Gasteiger partial charge >= 0.3 is 6.03 Å². The highest BCUT2D eigenvalue weighted by molar-refractivity contribution is 6.09. The lowest BCUT2D eigenvalue weighted by atomic mass is 9.82. The van der Waals surface area contributed by atoms with E-state index in [4.69, 9.17) is 9.47 Å². The molecule has 2 aliphatic rings. The van der Waals surface area contributed by atoms with Crippen LogP contribution in [0.2, 0.25) is 0 Å². The third-order valence-electron chi connectivity index (χ3n) is 6.84. The molecule has 2 aliphatic heterocycles. The number of nitrogens with one attached hydrogen (secondary N) is 1. The van der Waals surface area contributed by atoms with Crippen molar-refractivity contribution in [2.75, 3.05) is 52.0 Å². The van der Waals surface area contributed by atoms with Gasteiger partial charge in [-0.15, -0.1) is 0 Å². The largest absolute Gasteiger partial charge is 0.497 e. The summed E-state index contributed by atoms with van der Waals surface area (Å²) in [4.78, 5) is 37.4. The summed E-state index contributed by atoms with van der Waals surface area (Å²) in [6, 6.07) is 19.9. The number of carbonyl (C=O) groups excluding carboxylic acids is 2. The molecule has 2 fully saturated rings. The molecule has 3 heterocycles. The molecule has 0 aliphatic carbocycles. The number of hydrogen-bond donors (Lipinski definition) is 1. The van der Waals surface area contributed by atoms with E-state index in [1.165, 1.54) is 4.90 Å². The van der Waals surface area contributed by atoms with Crippen LogP contribution >= 0.6 is 0 Å². The summed E-state index contributed by atoms with van der Waals surface area (Å²) in [7, 11) is 3.18. The molecule has 0 unspecified atom stereocenters. The lowest BCUT2D eigenvalue weighted by Crippen LogP contribution is -2.52. The number of hydrogen-bond acceptors (Lipinski definition) is 7. The molecule has 2 saturated heterocycles. The average molecular weight is 488 g/mol. The maximum absolute atomic E-state index is 14.0. The molecule has 0 bridgehead atoms. The van der Waals surface area contributed by atoms with Crippen LogP contribution in [0.4, 0.5) is 10.6 Å². The summed E-state index contributed by atoms with van der Waals surface area (Å²) in [5, 5.41) is 3.01. The maximum Gasteiger partial charge on any atom is 0.326 e. The smallest absolute Gasteiger partial charge is 0.326 e. The van der Waals surface area contributed by atoms with Crippen molar-refractivity contribution >= 4 is 17.8 Å². The number of piperazine rings is 1. The van der Waals surface area contributed by atoms with Crippen molar-refractivity contribution in [3.05, 3.63) is 84.1 Å². The second-order valence-corrected chi connectivity index (χ2v) is 8.80. The van der Waals surface area contributed by atoms with Crippen molar-refractivity contribution in [2.24, 2.45) is 0 Å². The van der Waals surface area contributed by atoms with Crippen LogP contribution in [0.3, 0.4) is 0 Å². The van der Waals surface area contributed by atoms with E-state index in [1.54, 1.807) is 44.7 Å². The number of ether oxygens (including phenoxy) is 2. The van der Waals surface area contributed by atoms with Crippen molar-refractivity contribution in [2.45, 2.75) is 5.54 Å². The Morgan fingerprint density at radius 1 is 0.833 bits per heavy atom. The lowest BCUT2D eigenvalue weighted by molar-refractivity contribution is -0.131. The second kappa shape index (κ2) is 9.87. The van der Waals surface area contributed by atoms with E-state index < -0.39 is 11.6 Å². The number of benzene rings is 2. The third-order valence-corrected chi connectivity index (χ3v) is 6.84. The first-order valence-electron chi connectivity index (χ1n) is 11.9. The topological polar surface area (TPSA) is 87.2 Å². The third kappa shape index (κ3) is 4.22. The fourth-order valence-corrected chi connectivity index (χ4v) is 4.80. The van der Waals surface area contributed by atoms with Crippen molar-refractivity contribution in [1.29, 1.82) is 0 Å². The number of imide groups is 1. The standard InChI is InChI=1S/C27H29N5O4/c1-35-22-10-6-20(7-11-22)27(21-8-12-23(36-2)13-9-21)25(33)32(26(34)29-27)19-30-15-17-31(18-16-30)24-5-3-4-14-28-24/h3-14H,15-19H2,1-2H3,(H,29,34). The van der Waals surface area contributed by atoms with Gasteiger partial charge in [0.1, 0.15) is 17.3 Å². The van der Waals surface area contributed by atoms with E-state index in [9.17, 15) is 9.59 Å². The maximum atomic E-state index is 14.0. The molecule has 36 heavy (non-hydrogen) atoms. The highest BCUT2D eigenvalue weighted by Gasteiger charge is 2.54.